The Morgan fingerprint density at radius 2 is 1.26 bits per heavy atom. The summed E-state index contributed by atoms with van der Waals surface area (Å²) in [4.78, 5) is 0. The van der Waals surface area contributed by atoms with Crippen molar-refractivity contribution >= 4 is 34.0 Å². The van der Waals surface area contributed by atoms with Crippen LogP contribution in [0.25, 0.3) is 4.72 Å². The zero-order valence-corrected chi connectivity index (χ0v) is 21.9. The first kappa shape index (κ1) is 29.8. The molecule has 0 aliphatic carbocycles. The maximum Gasteiger partial charge on any atom is 0.0785 e. The lowest BCUT2D eigenvalue weighted by Gasteiger charge is -2.37. The molecule has 0 aromatic heterocycles. The van der Waals surface area contributed by atoms with Crippen LogP contribution in [-0.2, 0) is 10.0 Å². The van der Waals surface area contributed by atoms with Gasteiger partial charge in [0.25, 0.3) is 0 Å². The van der Waals surface area contributed by atoms with Crippen LogP contribution in [0.4, 0.5) is 0 Å². The molecule has 0 amide bonds. The van der Waals surface area contributed by atoms with Crippen LogP contribution in [0.2, 0.25) is 0 Å². The van der Waals surface area contributed by atoms with Crippen molar-refractivity contribution in [3.8, 4) is 0 Å². The molecular formula is C21H47IN2O2S. The summed E-state index contributed by atoms with van der Waals surface area (Å²) in [6, 6.07) is -0.0819. The van der Waals surface area contributed by atoms with Crippen LogP contribution in [0, 0.1) is 0 Å². The number of hydrogen-bond donors (Lipinski definition) is 0. The molecule has 0 aliphatic heterocycles. The highest BCUT2D eigenvalue weighted by atomic mass is 127. The van der Waals surface area contributed by atoms with Gasteiger partial charge in [0.05, 0.1) is 36.2 Å². The molecule has 1 unspecified atom stereocenters. The van der Waals surface area contributed by atoms with Gasteiger partial charge >= 0.3 is 0 Å². The molecule has 1 atom stereocenters. The van der Waals surface area contributed by atoms with Gasteiger partial charge in [0.2, 0.25) is 0 Å². The third kappa shape index (κ3) is 15.1. The van der Waals surface area contributed by atoms with E-state index in [-0.39, 0.29) is 35.8 Å². The Bertz CT molecular complexity index is 418. The molecule has 166 valence electrons. The van der Waals surface area contributed by atoms with Crippen molar-refractivity contribution in [1.82, 2.24) is 0 Å². The first-order valence-electron chi connectivity index (χ1n) is 11.1. The lowest BCUT2D eigenvalue weighted by molar-refractivity contribution is -0.923. The van der Waals surface area contributed by atoms with E-state index >= 15 is 0 Å². The third-order valence-corrected chi connectivity index (χ3v) is 7.35. The maximum atomic E-state index is 12.2. The zero-order valence-electron chi connectivity index (χ0n) is 18.7. The molecule has 0 heterocycles. The fourth-order valence-corrected chi connectivity index (χ4v) is 4.99. The second-order valence-corrected chi connectivity index (χ2v) is 9.65. The van der Waals surface area contributed by atoms with E-state index in [4.69, 9.17) is 0 Å². The molecule has 27 heavy (non-hydrogen) atoms. The lowest BCUT2D eigenvalue weighted by atomic mass is 10.1. The number of halogens is 1. The molecule has 0 rings (SSSR count). The first-order chi connectivity index (χ1) is 12.3. The molecule has 0 aliphatic rings. The number of nitrogens with zero attached hydrogens (tertiary/aromatic N) is 2. The van der Waals surface area contributed by atoms with Crippen molar-refractivity contribution in [2.24, 2.45) is 0 Å². The maximum absolute atomic E-state index is 12.2. The Balaban J connectivity index is 0. The summed E-state index contributed by atoms with van der Waals surface area (Å²) < 4.78 is 29.6. The fraction of sp³-hybridized carbons (Fsp3) is 1.00. The summed E-state index contributed by atoms with van der Waals surface area (Å²) in [7, 11) is -3.24. The molecule has 0 bridgehead atoms. The average Bonchev–Trinajstić information content (AvgIpc) is 2.61. The van der Waals surface area contributed by atoms with Crippen molar-refractivity contribution < 1.29 is 12.9 Å². The largest absolute Gasteiger partial charge is 0.546 e. The van der Waals surface area contributed by atoms with E-state index in [1.165, 1.54) is 32.1 Å². The van der Waals surface area contributed by atoms with Gasteiger partial charge in [-0.2, -0.15) is 0 Å². The Morgan fingerprint density at radius 3 is 1.74 bits per heavy atom. The molecule has 0 saturated carbocycles. The molecule has 6 heteroatoms. The molecule has 0 aromatic rings. The highest BCUT2D eigenvalue weighted by molar-refractivity contribution is 14.0. The second-order valence-electron chi connectivity index (χ2n) is 7.87. The average molecular weight is 519 g/mol. The van der Waals surface area contributed by atoms with Gasteiger partial charge in [-0.05, 0) is 33.6 Å². The van der Waals surface area contributed by atoms with Crippen molar-refractivity contribution in [2.75, 3.05) is 31.9 Å². The van der Waals surface area contributed by atoms with Crippen LogP contribution in [0.1, 0.15) is 98.8 Å². The standard InChI is InChI=1S/C21H46N2O2S.HI/c1-6-10-11-12-13-14-15-16-20-26(24,25)22-21(5)18-17-19-23(7-2,8-3)9-4;/h21H,6-20H2,1-5H3;1H. The van der Waals surface area contributed by atoms with E-state index < -0.39 is 10.0 Å². The molecule has 0 spiro atoms. The Kier molecular flexibility index (Phi) is 19.3. The van der Waals surface area contributed by atoms with Crippen LogP contribution in [0.15, 0.2) is 0 Å². The van der Waals surface area contributed by atoms with Crippen molar-refractivity contribution in [1.29, 1.82) is 0 Å². The normalized spacial score (nSPS) is 13.4. The van der Waals surface area contributed by atoms with Gasteiger partial charge in [0.15, 0.2) is 0 Å². The predicted octanol–water partition coefficient (Wildman–Crippen LogP) is 6.49. The van der Waals surface area contributed by atoms with E-state index in [0.29, 0.717) is 0 Å². The van der Waals surface area contributed by atoms with Crippen LogP contribution in [-0.4, -0.2) is 50.9 Å². The summed E-state index contributed by atoms with van der Waals surface area (Å²) in [5.74, 6) is 0.227. The van der Waals surface area contributed by atoms with Gasteiger partial charge in [-0.3, -0.25) is 0 Å². The minimum Gasteiger partial charge on any atom is -0.546 e. The van der Waals surface area contributed by atoms with Crippen molar-refractivity contribution in [3.05, 3.63) is 4.72 Å². The molecule has 0 N–H and O–H groups in total. The van der Waals surface area contributed by atoms with E-state index in [0.717, 1.165) is 62.8 Å². The molecule has 4 nitrogen and oxygen atoms in total. The van der Waals surface area contributed by atoms with Crippen LogP contribution < -0.4 is 0 Å². The smallest absolute Gasteiger partial charge is 0.0785 e. The summed E-state index contributed by atoms with van der Waals surface area (Å²) in [6.45, 7) is 15.5. The number of rotatable bonds is 18. The highest BCUT2D eigenvalue weighted by Crippen LogP contribution is 2.18. The predicted molar refractivity (Wildman–Crippen MR) is 131 cm³/mol. The van der Waals surface area contributed by atoms with Crippen molar-refractivity contribution in [3.63, 3.8) is 0 Å². The first-order valence-corrected chi connectivity index (χ1v) is 12.8. The Hall–Kier alpha value is 0.600. The highest BCUT2D eigenvalue weighted by Gasteiger charge is 2.19. The minimum absolute atomic E-state index is 0. The zero-order chi connectivity index (χ0) is 19.9. The fourth-order valence-electron chi connectivity index (χ4n) is 3.67. The summed E-state index contributed by atoms with van der Waals surface area (Å²) in [5, 5.41) is 0. The quantitative estimate of drug-likeness (QED) is 0.118. The molecule has 0 radical (unpaired) electrons. The molecule has 0 fully saturated rings. The van der Waals surface area contributed by atoms with Crippen LogP contribution >= 0.6 is 24.0 Å². The van der Waals surface area contributed by atoms with Crippen molar-refractivity contribution in [2.45, 2.75) is 105 Å². The van der Waals surface area contributed by atoms with Gasteiger partial charge in [0, 0.05) is 5.75 Å². The van der Waals surface area contributed by atoms with Crippen LogP contribution in [0.5, 0.6) is 0 Å². The number of quaternary nitrogens is 1. The number of unbranched alkanes of at least 4 members (excludes halogenated alkanes) is 7. The van der Waals surface area contributed by atoms with Crippen LogP contribution in [0.3, 0.4) is 0 Å². The van der Waals surface area contributed by atoms with E-state index in [1.807, 2.05) is 6.92 Å². The summed E-state index contributed by atoms with van der Waals surface area (Å²) in [5.41, 5.74) is 0. The molecule has 0 saturated heterocycles. The summed E-state index contributed by atoms with van der Waals surface area (Å²) in [6.07, 6.45) is 11.3. The monoisotopic (exact) mass is 518 g/mol. The second kappa shape index (κ2) is 17.5. The molecular weight excluding hydrogens is 471 g/mol. The topological polar surface area (TPSA) is 48.2 Å². The minimum atomic E-state index is -3.24. The van der Waals surface area contributed by atoms with Gasteiger partial charge in [-0.15, -0.1) is 30.0 Å². The van der Waals surface area contributed by atoms with Gasteiger partial charge in [-0.1, -0.05) is 65.2 Å². The van der Waals surface area contributed by atoms with Gasteiger partial charge < -0.3 is 9.21 Å². The van der Waals surface area contributed by atoms with E-state index in [2.05, 4.69) is 32.4 Å². The lowest BCUT2D eigenvalue weighted by Crippen LogP contribution is -2.48. The third-order valence-electron chi connectivity index (χ3n) is 5.86. The van der Waals surface area contributed by atoms with E-state index in [1.54, 1.807) is 0 Å². The summed E-state index contributed by atoms with van der Waals surface area (Å²) >= 11 is 0. The SMILES string of the molecule is CCCCCCCCCCS(=O)(=O)[N-]C(C)CCC[N+](CC)(CC)CC.I. The number of hydrogen-bond acceptors (Lipinski definition) is 2. The Morgan fingerprint density at radius 1 is 0.778 bits per heavy atom. The Labute approximate surface area is 187 Å². The van der Waals surface area contributed by atoms with Gasteiger partial charge in [0.1, 0.15) is 0 Å². The number of sulfonamides is 1. The molecule has 0 aromatic carbocycles. The van der Waals surface area contributed by atoms with E-state index in [9.17, 15) is 8.42 Å². The van der Waals surface area contributed by atoms with Gasteiger partial charge in [-0.25, -0.2) is 8.42 Å².